The van der Waals surface area contributed by atoms with E-state index in [0.717, 1.165) is 24.2 Å². The monoisotopic (exact) mass is 534 g/mol. The number of carbonyl (C=O) groups is 2. The molecule has 3 N–H and O–H groups in total. The summed E-state index contributed by atoms with van der Waals surface area (Å²) in [6.07, 6.45) is 17.7. The zero-order chi connectivity index (χ0) is 27.5. The Bertz CT molecular complexity index is 1100. The highest BCUT2D eigenvalue weighted by molar-refractivity contribution is 5.81. The number of aromatic nitrogens is 1. The predicted octanol–water partition coefficient (Wildman–Crippen LogP) is 4.82. The van der Waals surface area contributed by atoms with Gasteiger partial charge in [-0.25, -0.2) is 0 Å². The van der Waals surface area contributed by atoms with E-state index in [1.165, 1.54) is 49.7 Å². The number of pyridine rings is 1. The van der Waals surface area contributed by atoms with Crippen LogP contribution in [0.5, 0.6) is 0 Å². The Morgan fingerprint density at radius 2 is 1.92 bits per heavy atom. The lowest BCUT2D eigenvalue weighted by Crippen LogP contribution is -2.50. The molecule has 0 bridgehead atoms. The number of hydrogen-bond acceptors (Lipinski definition) is 6. The standard InChI is InChI=1S/C32H46N4O3/c1-31-14-12-22(20-36-39-30(38)11-10-29(37)35-18-17-33-3)19-24(31)6-7-25-27-9-8-26(23-5-4-16-34-21-23)32(27,2)15-13-28(25)31/h4-5,8,16,19,21-22,25,27-28,33,36H,6-7,9-15,17-18,20H2,1-3H3,(H,35,37)/t22?,25-,27+,28+,31+,32-/m1/s1. The number of rotatable bonds is 10. The third-order valence-electron chi connectivity index (χ3n) is 10.5. The van der Waals surface area contributed by atoms with Crippen molar-refractivity contribution in [2.45, 2.75) is 71.6 Å². The van der Waals surface area contributed by atoms with Gasteiger partial charge in [0, 0.05) is 38.4 Å². The number of allylic oxidation sites excluding steroid dienone is 3. The molecule has 4 aliphatic rings. The molecule has 2 saturated carbocycles. The molecule has 6 atom stereocenters. The van der Waals surface area contributed by atoms with Crippen LogP contribution in [0.2, 0.25) is 0 Å². The molecule has 7 nitrogen and oxygen atoms in total. The average Bonchev–Trinajstić information content (AvgIpc) is 3.30. The van der Waals surface area contributed by atoms with Crippen LogP contribution in [0.15, 0.2) is 42.3 Å². The highest BCUT2D eigenvalue weighted by Crippen LogP contribution is 2.66. The summed E-state index contributed by atoms with van der Waals surface area (Å²) >= 11 is 0. The van der Waals surface area contributed by atoms with E-state index >= 15 is 0 Å². The van der Waals surface area contributed by atoms with E-state index in [4.69, 9.17) is 4.84 Å². The molecule has 0 saturated heterocycles. The second-order valence-electron chi connectivity index (χ2n) is 12.7. The summed E-state index contributed by atoms with van der Waals surface area (Å²) in [6, 6.07) is 4.30. The van der Waals surface area contributed by atoms with E-state index in [9.17, 15) is 9.59 Å². The molecule has 1 amide bonds. The molecule has 212 valence electrons. The number of amides is 1. The number of hydroxylamine groups is 1. The lowest BCUT2D eigenvalue weighted by atomic mass is 9.46. The molecule has 39 heavy (non-hydrogen) atoms. The fourth-order valence-electron chi connectivity index (χ4n) is 8.41. The zero-order valence-electron chi connectivity index (χ0n) is 23.9. The van der Waals surface area contributed by atoms with Gasteiger partial charge < -0.3 is 15.5 Å². The van der Waals surface area contributed by atoms with Crippen LogP contribution in [-0.4, -0.2) is 43.5 Å². The fraction of sp³-hybridized carbons (Fsp3) is 0.656. The van der Waals surface area contributed by atoms with Gasteiger partial charge in [0.2, 0.25) is 5.91 Å². The molecular weight excluding hydrogens is 488 g/mol. The Morgan fingerprint density at radius 1 is 1.08 bits per heavy atom. The minimum absolute atomic E-state index is 0.0860. The zero-order valence-corrected chi connectivity index (χ0v) is 23.9. The Labute approximate surface area is 233 Å². The first-order valence-corrected chi connectivity index (χ1v) is 15.0. The molecule has 2 fully saturated rings. The van der Waals surface area contributed by atoms with Crippen LogP contribution in [-0.2, 0) is 14.4 Å². The Hall–Kier alpha value is -2.51. The summed E-state index contributed by atoms with van der Waals surface area (Å²) in [5.74, 6) is 2.13. The molecule has 1 unspecified atom stereocenters. The smallest absolute Gasteiger partial charge is 0.325 e. The van der Waals surface area contributed by atoms with Gasteiger partial charge in [0.05, 0.1) is 6.42 Å². The quantitative estimate of drug-likeness (QED) is 0.227. The molecule has 1 aromatic rings. The predicted molar refractivity (Wildman–Crippen MR) is 153 cm³/mol. The van der Waals surface area contributed by atoms with Crippen LogP contribution in [0.4, 0.5) is 0 Å². The van der Waals surface area contributed by atoms with Crippen molar-refractivity contribution in [2.24, 2.45) is 34.5 Å². The number of carbonyl (C=O) groups excluding carboxylic acids is 2. The van der Waals surface area contributed by atoms with Gasteiger partial charge in [-0.05, 0) is 104 Å². The Morgan fingerprint density at radius 3 is 2.72 bits per heavy atom. The topological polar surface area (TPSA) is 92.3 Å². The van der Waals surface area contributed by atoms with Crippen LogP contribution in [0.1, 0.15) is 77.2 Å². The summed E-state index contributed by atoms with van der Waals surface area (Å²) in [7, 11) is 1.83. The van der Waals surface area contributed by atoms with Crippen LogP contribution >= 0.6 is 0 Å². The molecule has 0 aromatic carbocycles. The number of nitrogens with one attached hydrogen (secondary N) is 3. The summed E-state index contributed by atoms with van der Waals surface area (Å²) in [5, 5.41) is 5.75. The van der Waals surface area contributed by atoms with E-state index in [0.29, 0.717) is 25.6 Å². The molecule has 0 radical (unpaired) electrons. The van der Waals surface area contributed by atoms with E-state index in [-0.39, 0.29) is 35.5 Å². The second-order valence-corrected chi connectivity index (χ2v) is 12.7. The maximum Gasteiger partial charge on any atom is 0.325 e. The van der Waals surface area contributed by atoms with E-state index in [2.05, 4.69) is 59.2 Å². The number of fused-ring (bicyclic) bond motifs is 5. The molecule has 0 spiro atoms. The highest BCUT2D eigenvalue weighted by atomic mass is 16.7. The van der Waals surface area contributed by atoms with Gasteiger partial charge >= 0.3 is 5.97 Å². The SMILES string of the molecule is CNCCNC(=O)CCC(=O)ONCC1C=C2CC[C@H]3[C@H](CC[C@]4(C)C(c5cccnc5)=CC[C@@H]34)[C@@]2(C)CC1. The van der Waals surface area contributed by atoms with Crippen molar-refractivity contribution in [2.75, 3.05) is 26.7 Å². The fourth-order valence-corrected chi connectivity index (χ4v) is 8.41. The second kappa shape index (κ2) is 11.9. The first kappa shape index (κ1) is 28.0. The third kappa shape index (κ3) is 5.71. The minimum atomic E-state index is -0.381. The summed E-state index contributed by atoms with van der Waals surface area (Å²) in [6.45, 7) is 6.96. The molecule has 7 heteroatoms. The van der Waals surface area contributed by atoms with Gasteiger partial charge in [-0.3, -0.25) is 14.6 Å². The van der Waals surface area contributed by atoms with Crippen molar-refractivity contribution in [1.29, 1.82) is 0 Å². The van der Waals surface area contributed by atoms with Gasteiger partial charge in [0.1, 0.15) is 0 Å². The first-order chi connectivity index (χ1) is 18.8. The van der Waals surface area contributed by atoms with Crippen LogP contribution in [0.25, 0.3) is 5.57 Å². The molecule has 1 heterocycles. The van der Waals surface area contributed by atoms with Crippen molar-refractivity contribution in [3.8, 4) is 0 Å². The maximum atomic E-state index is 12.1. The van der Waals surface area contributed by atoms with Crippen molar-refractivity contribution >= 4 is 17.4 Å². The lowest BCUT2D eigenvalue weighted by Gasteiger charge is -2.58. The van der Waals surface area contributed by atoms with Crippen molar-refractivity contribution in [3.05, 3.63) is 47.8 Å². The van der Waals surface area contributed by atoms with Crippen molar-refractivity contribution < 1.29 is 14.4 Å². The van der Waals surface area contributed by atoms with Gasteiger partial charge in [-0.1, -0.05) is 37.6 Å². The lowest BCUT2D eigenvalue weighted by molar-refractivity contribution is -0.152. The van der Waals surface area contributed by atoms with Gasteiger partial charge in [-0.2, -0.15) is 5.48 Å². The van der Waals surface area contributed by atoms with Gasteiger partial charge in [-0.15, -0.1) is 0 Å². The first-order valence-electron chi connectivity index (χ1n) is 15.0. The highest BCUT2D eigenvalue weighted by Gasteiger charge is 2.57. The normalized spacial score (nSPS) is 33.2. The third-order valence-corrected chi connectivity index (χ3v) is 10.5. The Balaban J connectivity index is 1.13. The number of nitrogens with zero attached hydrogens (tertiary/aromatic N) is 1. The molecule has 0 aliphatic heterocycles. The van der Waals surface area contributed by atoms with Crippen LogP contribution < -0.4 is 16.1 Å². The van der Waals surface area contributed by atoms with Gasteiger partial charge in [0.25, 0.3) is 0 Å². The summed E-state index contributed by atoms with van der Waals surface area (Å²) < 4.78 is 0. The van der Waals surface area contributed by atoms with E-state index < -0.39 is 0 Å². The maximum absolute atomic E-state index is 12.1. The molecule has 1 aromatic heterocycles. The van der Waals surface area contributed by atoms with E-state index in [1.807, 2.05) is 19.4 Å². The number of likely N-dealkylation sites (N-methyl/N-ethyl adjacent to an activating group) is 1. The van der Waals surface area contributed by atoms with Crippen molar-refractivity contribution in [3.63, 3.8) is 0 Å². The molecule has 5 rings (SSSR count). The van der Waals surface area contributed by atoms with Crippen LogP contribution in [0.3, 0.4) is 0 Å². The van der Waals surface area contributed by atoms with Crippen LogP contribution in [0, 0.1) is 34.5 Å². The minimum Gasteiger partial charge on any atom is -0.371 e. The van der Waals surface area contributed by atoms with Crippen molar-refractivity contribution in [1.82, 2.24) is 21.1 Å². The van der Waals surface area contributed by atoms with Gasteiger partial charge in [0.15, 0.2) is 0 Å². The summed E-state index contributed by atoms with van der Waals surface area (Å²) in [4.78, 5) is 33.5. The Kier molecular flexibility index (Phi) is 8.57. The average molecular weight is 535 g/mol. The van der Waals surface area contributed by atoms with E-state index in [1.54, 1.807) is 5.57 Å². The summed E-state index contributed by atoms with van der Waals surface area (Å²) in [5.41, 5.74) is 7.93. The molecule has 4 aliphatic carbocycles. The molecular formula is C32H46N4O3. The number of hydrogen-bond donors (Lipinski definition) is 3. The largest absolute Gasteiger partial charge is 0.371 e.